The third-order valence-electron chi connectivity index (χ3n) is 2.57. The zero-order valence-corrected chi connectivity index (χ0v) is 9.51. The molecule has 1 saturated heterocycles. The molecule has 0 radical (unpaired) electrons. The van der Waals surface area contributed by atoms with Crippen molar-refractivity contribution < 1.29 is 9.59 Å². The fraction of sp³-hybridized carbons (Fsp3) is 0.364. The topological polar surface area (TPSA) is 88.3 Å². The lowest BCUT2D eigenvalue weighted by molar-refractivity contribution is -0.130. The predicted octanol–water partition coefficient (Wildman–Crippen LogP) is -0.436. The largest absolute Gasteiger partial charge is 0.338 e. The number of piperazine rings is 1. The number of rotatable bonds is 2. The second-order valence-corrected chi connectivity index (χ2v) is 4.06. The molecule has 1 aliphatic heterocycles. The van der Waals surface area contributed by atoms with Crippen LogP contribution in [-0.2, 0) is 9.59 Å². The van der Waals surface area contributed by atoms with Crippen LogP contribution in [0.15, 0.2) is 18.3 Å². The summed E-state index contributed by atoms with van der Waals surface area (Å²) in [5.74, 6) is -0.0218. The van der Waals surface area contributed by atoms with Crippen molar-refractivity contribution in [1.29, 1.82) is 0 Å². The summed E-state index contributed by atoms with van der Waals surface area (Å²) < 4.78 is 0. The van der Waals surface area contributed by atoms with Crippen molar-refractivity contribution in [2.45, 2.75) is 13.0 Å². The molecule has 1 aromatic rings. The highest BCUT2D eigenvalue weighted by molar-refractivity contribution is 6.02. The number of anilines is 1. The Kier molecular flexibility index (Phi) is 3.06. The van der Waals surface area contributed by atoms with Crippen molar-refractivity contribution >= 4 is 17.6 Å². The van der Waals surface area contributed by atoms with Crippen LogP contribution in [0.4, 0.5) is 5.82 Å². The molecule has 1 aliphatic rings. The van der Waals surface area contributed by atoms with Gasteiger partial charge in [-0.25, -0.2) is 4.98 Å². The summed E-state index contributed by atoms with van der Waals surface area (Å²) in [6.07, 6.45) is 1.63. The van der Waals surface area contributed by atoms with Crippen LogP contribution in [0.25, 0.3) is 0 Å². The average Bonchev–Trinajstić information content (AvgIpc) is 2.28. The van der Waals surface area contributed by atoms with E-state index in [-0.39, 0.29) is 30.9 Å². The quantitative estimate of drug-likeness (QED) is 0.677. The van der Waals surface area contributed by atoms with E-state index in [1.165, 1.54) is 0 Å². The maximum absolute atomic E-state index is 11.2. The number of imide groups is 1. The molecule has 6 heteroatoms. The van der Waals surface area contributed by atoms with E-state index in [0.717, 1.165) is 5.56 Å². The first-order valence-electron chi connectivity index (χ1n) is 5.35. The summed E-state index contributed by atoms with van der Waals surface area (Å²) >= 11 is 0. The number of aromatic nitrogens is 1. The Balaban J connectivity index is 2.24. The molecular weight excluding hydrogens is 220 g/mol. The van der Waals surface area contributed by atoms with Crippen molar-refractivity contribution in [3.63, 3.8) is 0 Å². The molecule has 1 fully saturated rings. The van der Waals surface area contributed by atoms with Gasteiger partial charge in [0.15, 0.2) is 0 Å². The van der Waals surface area contributed by atoms with E-state index in [1.54, 1.807) is 17.2 Å². The minimum Gasteiger partial charge on any atom is -0.338 e. The van der Waals surface area contributed by atoms with Crippen LogP contribution in [0.1, 0.15) is 18.5 Å². The minimum absolute atomic E-state index is 0.105. The number of amides is 2. The molecule has 90 valence electrons. The van der Waals surface area contributed by atoms with Crippen molar-refractivity contribution in [2.24, 2.45) is 5.73 Å². The van der Waals surface area contributed by atoms with Crippen LogP contribution in [0.2, 0.25) is 0 Å². The molecule has 0 aliphatic carbocycles. The van der Waals surface area contributed by atoms with Crippen LogP contribution < -0.4 is 16.0 Å². The normalized spacial score (nSPS) is 17.9. The van der Waals surface area contributed by atoms with Gasteiger partial charge in [0.25, 0.3) is 0 Å². The summed E-state index contributed by atoms with van der Waals surface area (Å²) in [5, 5.41) is 2.24. The van der Waals surface area contributed by atoms with Crippen molar-refractivity contribution in [3.05, 3.63) is 23.9 Å². The van der Waals surface area contributed by atoms with E-state index in [4.69, 9.17) is 5.73 Å². The molecule has 2 heterocycles. The van der Waals surface area contributed by atoms with Gasteiger partial charge in [-0.15, -0.1) is 0 Å². The van der Waals surface area contributed by atoms with Crippen LogP contribution in [-0.4, -0.2) is 29.9 Å². The molecule has 1 aromatic heterocycles. The number of hydrogen-bond donors (Lipinski definition) is 2. The standard InChI is InChI=1S/C11H14N4O2/c1-7(12)8-2-3-13-9(4-8)15-5-10(16)14-11(17)6-15/h2-4,7H,5-6,12H2,1H3,(H,14,16,17)/t7-/m1/s1. The molecule has 0 spiro atoms. The number of nitrogens with two attached hydrogens (primary N) is 1. The Labute approximate surface area is 98.8 Å². The lowest BCUT2D eigenvalue weighted by atomic mass is 10.1. The number of carbonyl (C=O) groups excluding carboxylic acids is 2. The molecule has 6 nitrogen and oxygen atoms in total. The first-order chi connectivity index (χ1) is 8.06. The summed E-state index contributed by atoms with van der Waals surface area (Å²) in [6.45, 7) is 2.15. The first kappa shape index (κ1) is 11.5. The van der Waals surface area contributed by atoms with E-state index in [2.05, 4.69) is 10.3 Å². The summed E-state index contributed by atoms with van der Waals surface area (Å²) in [5.41, 5.74) is 6.70. The van der Waals surface area contributed by atoms with E-state index in [0.29, 0.717) is 5.82 Å². The van der Waals surface area contributed by atoms with Crippen LogP contribution >= 0.6 is 0 Å². The minimum atomic E-state index is -0.311. The first-order valence-corrected chi connectivity index (χ1v) is 5.35. The maximum Gasteiger partial charge on any atom is 0.246 e. The molecule has 3 N–H and O–H groups in total. The van der Waals surface area contributed by atoms with Gasteiger partial charge in [0, 0.05) is 12.2 Å². The maximum atomic E-state index is 11.2. The molecule has 0 aromatic carbocycles. The highest BCUT2D eigenvalue weighted by atomic mass is 16.2. The van der Waals surface area contributed by atoms with Crippen molar-refractivity contribution in [1.82, 2.24) is 10.3 Å². The zero-order valence-electron chi connectivity index (χ0n) is 9.51. The molecule has 1 atom stereocenters. The van der Waals surface area contributed by atoms with Gasteiger partial charge < -0.3 is 10.6 Å². The van der Waals surface area contributed by atoms with Crippen molar-refractivity contribution in [2.75, 3.05) is 18.0 Å². The Morgan fingerprint density at radius 3 is 2.65 bits per heavy atom. The Morgan fingerprint density at radius 1 is 1.41 bits per heavy atom. The Morgan fingerprint density at radius 2 is 2.06 bits per heavy atom. The van der Waals surface area contributed by atoms with Gasteiger partial charge in [-0.05, 0) is 24.6 Å². The molecule has 0 saturated carbocycles. The van der Waals surface area contributed by atoms with Crippen molar-refractivity contribution in [3.8, 4) is 0 Å². The SMILES string of the molecule is C[C@@H](N)c1ccnc(N2CC(=O)NC(=O)C2)c1. The second-order valence-electron chi connectivity index (χ2n) is 4.06. The monoisotopic (exact) mass is 234 g/mol. The third kappa shape index (κ3) is 2.59. The molecule has 2 amide bonds. The molecule has 2 rings (SSSR count). The summed E-state index contributed by atoms with van der Waals surface area (Å²) in [4.78, 5) is 28.3. The molecule has 0 bridgehead atoms. The lowest BCUT2D eigenvalue weighted by Gasteiger charge is -2.26. The fourth-order valence-corrected chi connectivity index (χ4v) is 1.69. The molecular formula is C11H14N4O2. The molecule has 17 heavy (non-hydrogen) atoms. The van der Waals surface area contributed by atoms with E-state index in [9.17, 15) is 9.59 Å². The summed E-state index contributed by atoms with van der Waals surface area (Å²) in [6, 6.07) is 3.52. The predicted molar refractivity (Wildman–Crippen MR) is 62.2 cm³/mol. The van der Waals surface area contributed by atoms with Gasteiger partial charge >= 0.3 is 0 Å². The zero-order chi connectivity index (χ0) is 12.4. The van der Waals surface area contributed by atoms with Crippen LogP contribution in [0, 0.1) is 0 Å². The second kappa shape index (κ2) is 4.50. The van der Waals surface area contributed by atoms with Crippen LogP contribution in [0.3, 0.4) is 0 Å². The fourth-order valence-electron chi connectivity index (χ4n) is 1.69. The summed E-state index contributed by atoms with van der Waals surface area (Å²) in [7, 11) is 0. The van der Waals surface area contributed by atoms with Gasteiger partial charge in [-0.3, -0.25) is 14.9 Å². The number of nitrogens with zero attached hydrogens (tertiary/aromatic N) is 2. The van der Waals surface area contributed by atoms with Gasteiger partial charge in [0.2, 0.25) is 11.8 Å². The highest BCUT2D eigenvalue weighted by Crippen LogP contribution is 2.17. The van der Waals surface area contributed by atoms with E-state index < -0.39 is 0 Å². The van der Waals surface area contributed by atoms with E-state index >= 15 is 0 Å². The Bertz CT molecular complexity index is 443. The third-order valence-corrected chi connectivity index (χ3v) is 2.57. The lowest BCUT2D eigenvalue weighted by Crippen LogP contribution is -2.51. The number of pyridine rings is 1. The van der Waals surface area contributed by atoms with Gasteiger partial charge in [0.1, 0.15) is 5.82 Å². The van der Waals surface area contributed by atoms with Crippen LogP contribution in [0.5, 0.6) is 0 Å². The Hall–Kier alpha value is -1.95. The van der Waals surface area contributed by atoms with E-state index in [1.807, 2.05) is 13.0 Å². The number of hydrogen-bond acceptors (Lipinski definition) is 5. The van der Waals surface area contributed by atoms with Gasteiger partial charge in [-0.2, -0.15) is 0 Å². The number of nitrogens with one attached hydrogen (secondary N) is 1. The number of carbonyl (C=O) groups is 2. The van der Waals surface area contributed by atoms with Gasteiger partial charge in [-0.1, -0.05) is 0 Å². The molecule has 0 unspecified atom stereocenters. The highest BCUT2D eigenvalue weighted by Gasteiger charge is 2.23. The average molecular weight is 234 g/mol. The van der Waals surface area contributed by atoms with Gasteiger partial charge in [0.05, 0.1) is 13.1 Å². The smallest absolute Gasteiger partial charge is 0.246 e.